The third kappa shape index (κ3) is 5.01. The van der Waals surface area contributed by atoms with Crippen LogP contribution in [0.3, 0.4) is 0 Å². The molecule has 0 radical (unpaired) electrons. The topological polar surface area (TPSA) is 104 Å². The van der Waals surface area contributed by atoms with Gasteiger partial charge in [-0.3, -0.25) is 4.90 Å². The number of morpholine rings is 1. The molecule has 182 valence electrons. The molecule has 3 aromatic heterocycles. The van der Waals surface area contributed by atoms with Crippen molar-refractivity contribution < 1.29 is 13.2 Å². The molecule has 0 bridgehead atoms. The van der Waals surface area contributed by atoms with Crippen molar-refractivity contribution in [2.45, 2.75) is 6.54 Å². The molecular formula is C22H29N7O3S2. The Labute approximate surface area is 203 Å². The highest BCUT2D eigenvalue weighted by molar-refractivity contribution is 7.88. The summed E-state index contributed by atoms with van der Waals surface area (Å²) in [5, 5.41) is 3.04. The van der Waals surface area contributed by atoms with Crippen LogP contribution in [0.15, 0.2) is 24.4 Å². The number of hydrogen-bond acceptors (Lipinski definition) is 10. The van der Waals surface area contributed by atoms with Gasteiger partial charge in [-0.2, -0.15) is 4.31 Å². The van der Waals surface area contributed by atoms with Crippen LogP contribution in [0.25, 0.3) is 21.6 Å². The number of aromatic nitrogens is 3. The minimum Gasteiger partial charge on any atom is -0.378 e. The highest BCUT2D eigenvalue weighted by Gasteiger charge is 2.25. The SMILES string of the molecule is CNc1ccc(-c2nc(N3CCOCC3)c3sc(CN4CCN(S(C)(=O)=O)CC4)cc3n2)cn1. The maximum Gasteiger partial charge on any atom is 0.211 e. The molecule has 2 aliphatic heterocycles. The van der Waals surface area contributed by atoms with Crippen LogP contribution >= 0.6 is 11.3 Å². The standard InChI is InChI=1S/C22H29N7O3S2/c1-23-19-4-3-16(14-24-19)21-25-18-13-17(15-27-5-7-29(8-6-27)34(2,30)31)33-20(18)22(26-21)28-9-11-32-12-10-28/h3-4,13-14H,5-12,15H2,1-2H3,(H,23,24). The molecule has 10 nitrogen and oxygen atoms in total. The summed E-state index contributed by atoms with van der Waals surface area (Å²) >= 11 is 1.72. The van der Waals surface area contributed by atoms with E-state index in [4.69, 9.17) is 14.7 Å². The normalized spacial score (nSPS) is 18.5. The lowest BCUT2D eigenvalue weighted by Gasteiger charge is -2.32. The van der Waals surface area contributed by atoms with Crippen molar-refractivity contribution in [3.8, 4) is 11.4 Å². The molecule has 2 aliphatic rings. The molecule has 34 heavy (non-hydrogen) atoms. The predicted molar refractivity (Wildman–Crippen MR) is 135 cm³/mol. The van der Waals surface area contributed by atoms with Crippen molar-refractivity contribution in [1.82, 2.24) is 24.2 Å². The monoisotopic (exact) mass is 503 g/mol. The van der Waals surface area contributed by atoms with Crippen LogP contribution in [0, 0.1) is 0 Å². The van der Waals surface area contributed by atoms with E-state index in [9.17, 15) is 8.42 Å². The van der Waals surface area contributed by atoms with Gasteiger partial charge in [0.1, 0.15) is 5.82 Å². The summed E-state index contributed by atoms with van der Waals surface area (Å²) in [6.07, 6.45) is 3.07. The zero-order chi connectivity index (χ0) is 23.7. The average Bonchev–Trinajstić information content (AvgIpc) is 3.26. The molecule has 0 aromatic carbocycles. The Balaban J connectivity index is 1.44. The zero-order valence-corrected chi connectivity index (χ0v) is 21.0. The fourth-order valence-electron chi connectivity index (χ4n) is 4.27. The highest BCUT2D eigenvalue weighted by Crippen LogP contribution is 2.35. The van der Waals surface area contributed by atoms with Crippen LogP contribution < -0.4 is 10.2 Å². The molecule has 0 amide bonds. The molecule has 0 aliphatic carbocycles. The lowest BCUT2D eigenvalue weighted by Crippen LogP contribution is -2.47. The molecular weight excluding hydrogens is 474 g/mol. The number of sulfonamides is 1. The van der Waals surface area contributed by atoms with Crippen molar-refractivity contribution in [3.63, 3.8) is 0 Å². The van der Waals surface area contributed by atoms with Gasteiger partial charge in [0.05, 0.1) is 29.7 Å². The minimum absolute atomic E-state index is 0.530. The number of fused-ring (bicyclic) bond motifs is 1. The first kappa shape index (κ1) is 23.4. The van der Waals surface area contributed by atoms with Gasteiger partial charge in [-0.25, -0.2) is 23.4 Å². The fourth-order valence-corrected chi connectivity index (χ4v) is 6.26. The summed E-state index contributed by atoms with van der Waals surface area (Å²) in [5.74, 6) is 2.40. The van der Waals surface area contributed by atoms with Gasteiger partial charge in [0, 0.05) is 69.5 Å². The molecule has 0 atom stereocenters. The highest BCUT2D eigenvalue weighted by atomic mass is 32.2. The number of thiophene rings is 1. The van der Waals surface area contributed by atoms with E-state index >= 15 is 0 Å². The lowest BCUT2D eigenvalue weighted by atomic mass is 10.2. The molecule has 5 heterocycles. The summed E-state index contributed by atoms with van der Waals surface area (Å²) in [6.45, 7) is 6.23. The van der Waals surface area contributed by atoms with Gasteiger partial charge in [0.2, 0.25) is 10.0 Å². The first-order valence-electron chi connectivity index (χ1n) is 11.4. The van der Waals surface area contributed by atoms with Crippen LogP contribution in [0.2, 0.25) is 0 Å². The lowest BCUT2D eigenvalue weighted by molar-refractivity contribution is 0.122. The maximum absolute atomic E-state index is 11.8. The van der Waals surface area contributed by atoms with Crippen LogP contribution in [0.5, 0.6) is 0 Å². The van der Waals surface area contributed by atoms with Gasteiger partial charge in [-0.15, -0.1) is 11.3 Å². The largest absolute Gasteiger partial charge is 0.378 e. The van der Waals surface area contributed by atoms with E-state index in [1.165, 1.54) is 11.1 Å². The van der Waals surface area contributed by atoms with Crippen molar-refractivity contribution in [2.24, 2.45) is 0 Å². The zero-order valence-electron chi connectivity index (χ0n) is 19.4. The van der Waals surface area contributed by atoms with Crippen LogP contribution in [-0.4, -0.2) is 98.4 Å². The summed E-state index contributed by atoms with van der Waals surface area (Å²) < 4.78 is 31.8. The van der Waals surface area contributed by atoms with Crippen LogP contribution in [0.4, 0.5) is 11.6 Å². The predicted octanol–water partition coefficient (Wildman–Crippen LogP) is 1.71. The van der Waals surface area contributed by atoms with Crippen molar-refractivity contribution in [1.29, 1.82) is 0 Å². The summed E-state index contributed by atoms with van der Waals surface area (Å²) in [5.41, 5.74) is 1.80. The number of ether oxygens (including phenoxy) is 1. The molecule has 5 rings (SSSR count). The van der Waals surface area contributed by atoms with E-state index in [1.54, 1.807) is 21.8 Å². The first-order chi connectivity index (χ1) is 16.4. The molecule has 0 unspecified atom stereocenters. The Kier molecular flexibility index (Phi) is 6.67. The Morgan fingerprint density at radius 3 is 2.50 bits per heavy atom. The molecule has 3 aromatic rings. The molecule has 2 saturated heterocycles. The van der Waals surface area contributed by atoms with Crippen molar-refractivity contribution >= 4 is 43.2 Å². The number of nitrogens with zero attached hydrogens (tertiary/aromatic N) is 6. The van der Waals surface area contributed by atoms with E-state index in [2.05, 4.69) is 26.2 Å². The molecule has 2 fully saturated rings. The maximum atomic E-state index is 11.8. The smallest absolute Gasteiger partial charge is 0.211 e. The van der Waals surface area contributed by atoms with E-state index in [-0.39, 0.29) is 0 Å². The van der Waals surface area contributed by atoms with Crippen molar-refractivity contribution in [2.75, 3.05) is 76.0 Å². The van der Waals surface area contributed by atoms with Gasteiger partial charge in [0.15, 0.2) is 11.6 Å². The average molecular weight is 504 g/mol. The fraction of sp³-hybridized carbons (Fsp3) is 0.500. The number of rotatable bonds is 6. The summed E-state index contributed by atoms with van der Waals surface area (Å²) in [6, 6.07) is 6.05. The van der Waals surface area contributed by atoms with Crippen LogP contribution in [-0.2, 0) is 21.3 Å². The third-order valence-electron chi connectivity index (χ3n) is 6.17. The summed E-state index contributed by atoms with van der Waals surface area (Å²) in [4.78, 5) is 20.1. The van der Waals surface area contributed by atoms with E-state index in [0.717, 1.165) is 60.1 Å². The molecule has 12 heteroatoms. The second-order valence-corrected chi connectivity index (χ2v) is 11.6. The number of anilines is 2. The summed E-state index contributed by atoms with van der Waals surface area (Å²) in [7, 11) is -1.29. The minimum atomic E-state index is -3.13. The molecule has 1 N–H and O–H groups in total. The number of nitrogens with one attached hydrogen (secondary N) is 1. The van der Waals surface area contributed by atoms with Gasteiger partial charge in [0.25, 0.3) is 0 Å². The molecule has 0 saturated carbocycles. The van der Waals surface area contributed by atoms with Gasteiger partial charge in [-0.1, -0.05) is 0 Å². The second kappa shape index (κ2) is 9.70. The Hall–Kier alpha value is -2.38. The van der Waals surface area contributed by atoms with Crippen molar-refractivity contribution in [3.05, 3.63) is 29.3 Å². The Morgan fingerprint density at radius 2 is 1.85 bits per heavy atom. The van der Waals surface area contributed by atoms with Gasteiger partial charge < -0.3 is 15.0 Å². The van der Waals surface area contributed by atoms with Crippen LogP contribution in [0.1, 0.15) is 4.88 Å². The second-order valence-electron chi connectivity index (χ2n) is 8.52. The number of piperazine rings is 1. The third-order valence-corrected chi connectivity index (χ3v) is 8.58. The molecule has 0 spiro atoms. The van der Waals surface area contributed by atoms with Gasteiger partial charge in [-0.05, 0) is 18.2 Å². The van der Waals surface area contributed by atoms with E-state index in [0.29, 0.717) is 32.1 Å². The Bertz CT molecular complexity index is 1250. The Morgan fingerprint density at radius 1 is 1.09 bits per heavy atom. The first-order valence-corrected chi connectivity index (χ1v) is 14.0. The van der Waals surface area contributed by atoms with E-state index < -0.39 is 10.0 Å². The number of pyridine rings is 1. The van der Waals surface area contributed by atoms with Gasteiger partial charge >= 0.3 is 0 Å². The number of hydrogen-bond donors (Lipinski definition) is 1. The quantitative estimate of drug-likeness (QED) is 0.538. The van der Waals surface area contributed by atoms with E-state index in [1.807, 2.05) is 19.2 Å².